The van der Waals surface area contributed by atoms with Gasteiger partial charge in [0, 0.05) is 30.5 Å². The second-order valence-electron chi connectivity index (χ2n) is 9.37. The number of anilines is 1. The molecule has 0 unspecified atom stereocenters. The standard InChI is InChI=1S/C27H33N3O6/c1-18-12-24(29-30(18)26(32)36-27(3,4)5)28-25(31)21-13-22(34-17-20-10-8-7-9-11-20)15-23(14-21)35-19(2)16-33-6/h7-15,19H,16-17H2,1-6H3,(H,28,29,31)/t19-/m0/s1. The predicted octanol–water partition coefficient (Wildman–Crippen LogP) is 5.22. The third kappa shape index (κ3) is 7.84. The number of carbonyl (C=O) groups excluding carboxylic acids is 2. The molecule has 0 spiro atoms. The van der Waals surface area contributed by atoms with Crippen LogP contribution < -0.4 is 14.8 Å². The summed E-state index contributed by atoms with van der Waals surface area (Å²) >= 11 is 0. The average molecular weight is 496 g/mol. The molecule has 1 aromatic heterocycles. The van der Waals surface area contributed by atoms with E-state index in [9.17, 15) is 9.59 Å². The molecule has 1 N–H and O–H groups in total. The summed E-state index contributed by atoms with van der Waals surface area (Å²) in [4.78, 5) is 25.5. The number of ether oxygens (including phenoxy) is 4. The summed E-state index contributed by atoms with van der Waals surface area (Å²) < 4.78 is 23.5. The van der Waals surface area contributed by atoms with E-state index in [-0.39, 0.29) is 11.9 Å². The number of methoxy groups -OCH3 is 1. The Hall–Kier alpha value is -3.85. The molecule has 0 aliphatic carbocycles. The summed E-state index contributed by atoms with van der Waals surface area (Å²) in [7, 11) is 1.59. The first kappa shape index (κ1) is 26.7. The minimum atomic E-state index is -0.671. The summed E-state index contributed by atoms with van der Waals surface area (Å²) in [5.41, 5.74) is 1.15. The molecule has 3 aromatic rings. The van der Waals surface area contributed by atoms with Crippen molar-refractivity contribution in [3.05, 3.63) is 71.4 Å². The first-order chi connectivity index (χ1) is 17.0. The van der Waals surface area contributed by atoms with Crippen LogP contribution in [0.15, 0.2) is 54.6 Å². The first-order valence-electron chi connectivity index (χ1n) is 11.6. The van der Waals surface area contributed by atoms with E-state index >= 15 is 0 Å². The minimum absolute atomic E-state index is 0.217. The number of rotatable bonds is 9. The van der Waals surface area contributed by atoms with Crippen LogP contribution in [0.4, 0.5) is 10.6 Å². The molecule has 9 heteroatoms. The van der Waals surface area contributed by atoms with Gasteiger partial charge in [-0.3, -0.25) is 4.79 Å². The molecule has 3 rings (SSSR count). The van der Waals surface area contributed by atoms with Gasteiger partial charge in [0.15, 0.2) is 5.82 Å². The third-order valence-electron chi connectivity index (χ3n) is 4.82. The highest BCUT2D eigenvalue weighted by molar-refractivity contribution is 6.04. The van der Waals surface area contributed by atoms with Crippen LogP contribution in [0.25, 0.3) is 0 Å². The van der Waals surface area contributed by atoms with Crippen molar-refractivity contribution >= 4 is 17.8 Å². The number of hydrogen-bond acceptors (Lipinski definition) is 7. The van der Waals surface area contributed by atoms with Crippen LogP contribution in [0, 0.1) is 6.92 Å². The van der Waals surface area contributed by atoms with Crippen molar-refractivity contribution in [2.24, 2.45) is 0 Å². The number of aromatic nitrogens is 2. The monoisotopic (exact) mass is 495 g/mol. The minimum Gasteiger partial charge on any atom is -0.489 e. The Morgan fingerprint density at radius 1 is 1.06 bits per heavy atom. The van der Waals surface area contributed by atoms with Crippen LogP contribution >= 0.6 is 0 Å². The maximum atomic E-state index is 13.1. The van der Waals surface area contributed by atoms with E-state index in [1.807, 2.05) is 37.3 Å². The predicted molar refractivity (Wildman–Crippen MR) is 136 cm³/mol. The van der Waals surface area contributed by atoms with Crippen LogP contribution in [0.1, 0.15) is 49.3 Å². The molecule has 9 nitrogen and oxygen atoms in total. The molecule has 0 saturated heterocycles. The fourth-order valence-electron chi connectivity index (χ4n) is 3.31. The Morgan fingerprint density at radius 3 is 2.42 bits per heavy atom. The zero-order valence-corrected chi connectivity index (χ0v) is 21.5. The molecule has 0 saturated carbocycles. The van der Waals surface area contributed by atoms with Crippen LogP contribution in [0.3, 0.4) is 0 Å². The highest BCUT2D eigenvalue weighted by Gasteiger charge is 2.21. The number of aryl methyl sites for hydroxylation is 1. The SMILES string of the molecule is COC[C@H](C)Oc1cc(OCc2ccccc2)cc(C(=O)Nc2cc(C)n(C(=O)OC(C)(C)C)n2)c1. The van der Waals surface area contributed by atoms with E-state index < -0.39 is 17.6 Å². The molecule has 36 heavy (non-hydrogen) atoms. The van der Waals surface area contributed by atoms with E-state index in [1.54, 1.807) is 59.1 Å². The van der Waals surface area contributed by atoms with Crippen molar-refractivity contribution in [2.45, 2.75) is 52.9 Å². The van der Waals surface area contributed by atoms with Gasteiger partial charge in [0.05, 0.1) is 6.61 Å². The van der Waals surface area contributed by atoms with Gasteiger partial charge in [-0.25, -0.2) is 4.79 Å². The van der Waals surface area contributed by atoms with Gasteiger partial charge in [0.2, 0.25) is 0 Å². The number of amides is 1. The number of nitrogens with one attached hydrogen (secondary N) is 1. The van der Waals surface area contributed by atoms with Crippen molar-refractivity contribution in [1.29, 1.82) is 0 Å². The van der Waals surface area contributed by atoms with Gasteiger partial charge >= 0.3 is 6.09 Å². The van der Waals surface area contributed by atoms with Crippen molar-refractivity contribution in [3.63, 3.8) is 0 Å². The molecule has 192 valence electrons. The van der Waals surface area contributed by atoms with Crippen molar-refractivity contribution in [2.75, 3.05) is 19.0 Å². The second-order valence-corrected chi connectivity index (χ2v) is 9.37. The zero-order chi connectivity index (χ0) is 26.3. The van der Waals surface area contributed by atoms with Crippen LogP contribution in [-0.2, 0) is 16.1 Å². The lowest BCUT2D eigenvalue weighted by atomic mass is 10.1. The summed E-state index contributed by atoms with van der Waals surface area (Å²) in [6, 6.07) is 16.3. The number of benzene rings is 2. The molecule has 1 atom stereocenters. The van der Waals surface area contributed by atoms with Gasteiger partial charge < -0.3 is 24.3 Å². The Morgan fingerprint density at radius 2 is 1.75 bits per heavy atom. The lowest BCUT2D eigenvalue weighted by Gasteiger charge is -2.19. The van der Waals surface area contributed by atoms with Gasteiger partial charge in [-0.2, -0.15) is 4.68 Å². The van der Waals surface area contributed by atoms with E-state index in [0.717, 1.165) is 10.2 Å². The fraction of sp³-hybridized carbons (Fsp3) is 0.370. The maximum Gasteiger partial charge on any atom is 0.435 e. The number of nitrogens with zero attached hydrogens (tertiary/aromatic N) is 2. The molecule has 0 aliphatic heterocycles. The summed E-state index contributed by atoms with van der Waals surface area (Å²) in [5.74, 6) is 0.722. The van der Waals surface area contributed by atoms with E-state index in [2.05, 4.69) is 10.4 Å². The summed E-state index contributed by atoms with van der Waals surface area (Å²) in [6.07, 6.45) is -0.859. The molecule has 0 fully saturated rings. The van der Waals surface area contributed by atoms with E-state index in [0.29, 0.717) is 36.0 Å². The molecular weight excluding hydrogens is 462 g/mol. The molecule has 2 aromatic carbocycles. The smallest absolute Gasteiger partial charge is 0.435 e. The van der Waals surface area contributed by atoms with Gasteiger partial charge in [-0.1, -0.05) is 30.3 Å². The Balaban J connectivity index is 1.80. The second kappa shape index (κ2) is 11.7. The van der Waals surface area contributed by atoms with Crippen LogP contribution in [0.5, 0.6) is 11.5 Å². The topological polar surface area (TPSA) is 101 Å². The van der Waals surface area contributed by atoms with Crippen molar-refractivity contribution in [3.8, 4) is 11.5 Å². The van der Waals surface area contributed by atoms with Gasteiger partial charge in [0.1, 0.15) is 29.8 Å². The largest absolute Gasteiger partial charge is 0.489 e. The van der Waals surface area contributed by atoms with Crippen molar-refractivity contribution < 1.29 is 28.5 Å². The Labute approximate surface area is 211 Å². The molecule has 0 bridgehead atoms. The molecular formula is C27H33N3O6. The third-order valence-corrected chi connectivity index (χ3v) is 4.82. The quantitative estimate of drug-likeness (QED) is 0.434. The normalized spacial score (nSPS) is 12.1. The lowest BCUT2D eigenvalue weighted by Crippen LogP contribution is -2.28. The fourth-order valence-corrected chi connectivity index (χ4v) is 3.31. The highest BCUT2D eigenvalue weighted by atomic mass is 16.6. The van der Waals surface area contributed by atoms with Gasteiger partial charge in [0.25, 0.3) is 5.91 Å². The van der Waals surface area contributed by atoms with E-state index in [4.69, 9.17) is 18.9 Å². The molecule has 1 amide bonds. The summed E-state index contributed by atoms with van der Waals surface area (Å²) in [5, 5.41) is 6.91. The number of carbonyl (C=O) groups is 2. The van der Waals surface area contributed by atoms with Crippen LogP contribution in [0.2, 0.25) is 0 Å². The zero-order valence-electron chi connectivity index (χ0n) is 21.5. The van der Waals surface area contributed by atoms with Crippen molar-refractivity contribution in [1.82, 2.24) is 9.78 Å². The van der Waals surface area contributed by atoms with Gasteiger partial charge in [-0.15, -0.1) is 5.10 Å². The molecule has 0 radical (unpaired) electrons. The maximum absolute atomic E-state index is 13.1. The summed E-state index contributed by atoms with van der Waals surface area (Å²) in [6.45, 7) is 9.60. The molecule has 1 heterocycles. The average Bonchev–Trinajstić information content (AvgIpc) is 3.17. The van der Waals surface area contributed by atoms with Crippen LogP contribution in [-0.4, -0.2) is 47.2 Å². The lowest BCUT2D eigenvalue weighted by molar-refractivity contribution is 0.0511. The number of hydrogen-bond donors (Lipinski definition) is 1. The Bertz CT molecular complexity index is 1180. The first-order valence-corrected chi connectivity index (χ1v) is 11.6. The van der Waals surface area contributed by atoms with Gasteiger partial charge in [-0.05, 0) is 52.3 Å². The Kier molecular flexibility index (Phi) is 8.71. The highest BCUT2D eigenvalue weighted by Crippen LogP contribution is 2.26. The molecule has 0 aliphatic rings. The van der Waals surface area contributed by atoms with E-state index in [1.165, 1.54) is 0 Å².